The molecule has 2 N–H and O–H groups in total. The molecule has 0 fully saturated rings. The lowest BCUT2D eigenvalue weighted by molar-refractivity contribution is 0.244. The van der Waals surface area contributed by atoms with Crippen LogP contribution < -0.4 is 10.6 Å². The number of hydrogen-bond donors (Lipinski definition) is 2. The van der Waals surface area contributed by atoms with E-state index in [1.54, 1.807) is 22.3 Å². The highest BCUT2D eigenvalue weighted by atomic mass is 32.1. The van der Waals surface area contributed by atoms with Gasteiger partial charge in [0, 0.05) is 11.4 Å². The van der Waals surface area contributed by atoms with Gasteiger partial charge in [-0.3, -0.25) is 0 Å². The second-order valence-corrected chi connectivity index (χ2v) is 6.67. The largest absolute Gasteiger partial charge is 0.336 e. The smallest absolute Gasteiger partial charge is 0.319 e. The Bertz CT molecular complexity index is 800. The van der Waals surface area contributed by atoms with Crippen LogP contribution in [0.15, 0.2) is 54.4 Å². The average Bonchev–Trinajstić information content (AvgIpc) is 3.29. The third-order valence-corrected chi connectivity index (χ3v) is 4.74. The highest BCUT2D eigenvalue weighted by Gasteiger charge is 2.16. The summed E-state index contributed by atoms with van der Waals surface area (Å²) < 4.78 is 1.61. The van der Waals surface area contributed by atoms with Crippen LogP contribution in [-0.2, 0) is 0 Å². The van der Waals surface area contributed by atoms with E-state index in [1.807, 2.05) is 49.8 Å². The van der Waals surface area contributed by atoms with Crippen molar-refractivity contribution in [3.63, 3.8) is 0 Å². The fourth-order valence-electron chi connectivity index (χ4n) is 2.49. The molecule has 0 aliphatic carbocycles. The van der Waals surface area contributed by atoms with E-state index in [-0.39, 0.29) is 12.1 Å². The molecule has 8 heteroatoms. The molecule has 130 valence electrons. The van der Waals surface area contributed by atoms with Gasteiger partial charge in [0.05, 0.1) is 17.4 Å². The van der Waals surface area contributed by atoms with Gasteiger partial charge in [0.2, 0.25) is 0 Å². The van der Waals surface area contributed by atoms with Gasteiger partial charge in [-0.05, 0) is 37.7 Å². The molecule has 0 saturated carbocycles. The number of carbonyl (C=O) groups is 1. The lowest BCUT2D eigenvalue weighted by Gasteiger charge is -2.23. The van der Waals surface area contributed by atoms with Crippen LogP contribution in [0, 0.1) is 0 Å². The minimum atomic E-state index is -0.254. The van der Waals surface area contributed by atoms with Crippen molar-refractivity contribution in [1.29, 1.82) is 0 Å². The zero-order valence-electron chi connectivity index (χ0n) is 14.1. The summed E-state index contributed by atoms with van der Waals surface area (Å²) in [6.07, 6.45) is 3.05. The number of benzene rings is 1. The lowest BCUT2D eigenvalue weighted by atomic mass is 10.2. The monoisotopic (exact) mass is 356 g/mol. The molecule has 2 amide bonds. The van der Waals surface area contributed by atoms with E-state index < -0.39 is 0 Å². The number of nitrogens with one attached hydrogen (secondary N) is 2. The van der Waals surface area contributed by atoms with Gasteiger partial charge in [0.1, 0.15) is 12.7 Å². The average molecular weight is 356 g/mol. The molecule has 0 aliphatic heterocycles. The topological polar surface area (TPSA) is 75.1 Å². The number of anilines is 1. The van der Waals surface area contributed by atoms with Crippen LogP contribution >= 0.6 is 11.3 Å². The molecular weight excluding hydrogens is 336 g/mol. The Morgan fingerprint density at radius 1 is 1.28 bits per heavy atom. The number of carbonyl (C=O) groups excluding carboxylic acids is 1. The van der Waals surface area contributed by atoms with Crippen LogP contribution in [0.5, 0.6) is 0 Å². The number of urea groups is 1. The molecule has 3 rings (SSSR count). The molecule has 0 spiro atoms. The van der Waals surface area contributed by atoms with Crippen molar-refractivity contribution in [2.45, 2.75) is 6.04 Å². The van der Waals surface area contributed by atoms with Gasteiger partial charge in [-0.25, -0.2) is 14.5 Å². The second-order valence-electron chi connectivity index (χ2n) is 5.69. The van der Waals surface area contributed by atoms with Crippen LogP contribution in [0.2, 0.25) is 0 Å². The van der Waals surface area contributed by atoms with Crippen LogP contribution in [0.1, 0.15) is 10.9 Å². The first-order valence-corrected chi connectivity index (χ1v) is 8.72. The molecule has 1 aromatic carbocycles. The summed E-state index contributed by atoms with van der Waals surface area (Å²) in [5.41, 5.74) is 1.43. The van der Waals surface area contributed by atoms with Crippen LogP contribution in [0.3, 0.4) is 0 Å². The molecule has 25 heavy (non-hydrogen) atoms. The third kappa shape index (κ3) is 4.23. The Hall–Kier alpha value is -2.71. The van der Waals surface area contributed by atoms with Crippen molar-refractivity contribution in [1.82, 2.24) is 25.0 Å². The summed E-state index contributed by atoms with van der Waals surface area (Å²) in [7, 11) is 4.01. The van der Waals surface area contributed by atoms with Gasteiger partial charge >= 0.3 is 6.03 Å². The maximum Gasteiger partial charge on any atom is 0.319 e. The predicted molar refractivity (Wildman–Crippen MR) is 99.1 cm³/mol. The molecular formula is C17H20N6OS. The zero-order valence-corrected chi connectivity index (χ0v) is 14.9. The maximum atomic E-state index is 12.3. The van der Waals surface area contributed by atoms with Gasteiger partial charge in [0.15, 0.2) is 0 Å². The van der Waals surface area contributed by atoms with Crippen molar-refractivity contribution in [2.24, 2.45) is 0 Å². The van der Waals surface area contributed by atoms with Crippen LogP contribution in [-0.4, -0.2) is 46.3 Å². The van der Waals surface area contributed by atoms with Crippen molar-refractivity contribution in [3.8, 4) is 5.69 Å². The summed E-state index contributed by atoms with van der Waals surface area (Å²) in [6.45, 7) is 0.519. The number of likely N-dealkylation sites (N-methyl/N-ethyl adjacent to an activating group) is 1. The van der Waals surface area contributed by atoms with Gasteiger partial charge in [-0.2, -0.15) is 5.10 Å². The predicted octanol–water partition coefficient (Wildman–Crippen LogP) is 2.75. The summed E-state index contributed by atoms with van der Waals surface area (Å²) in [4.78, 5) is 19.6. The first kappa shape index (κ1) is 17.1. The lowest BCUT2D eigenvalue weighted by Crippen LogP contribution is -2.36. The summed E-state index contributed by atoms with van der Waals surface area (Å²) in [5.74, 6) is 0. The normalized spacial score (nSPS) is 12.1. The minimum absolute atomic E-state index is 0.135. The zero-order chi connectivity index (χ0) is 17.6. The Morgan fingerprint density at radius 2 is 2.12 bits per heavy atom. The number of thiophene rings is 1. The molecule has 7 nitrogen and oxygen atoms in total. The van der Waals surface area contributed by atoms with Crippen molar-refractivity contribution < 1.29 is 4.79 Å². The van der Waals surface area contributed by atoms with Crippen LogP contribution in [0.25, 0.3) is 5.69 Å². The first-order valence-electron chi connectivity index (χ1n) is 7.84. The minimum Gasteiger partial charge on any atom is -0.336 e. The van der Waals surface area contributed by atoms with E-state index in [2.05, 4.69) is 31.7 Å². The van der Waals surface area contributed by atoms with Gasteiger partial charge < -0.3 is 15.5 Å². The fourth-order valence-corrected chi connectivity index (χ4v) is 3.41. The van der Waals surface area contributed by atoms with E-state index in [4.69, 9.17) is 0 Å². The van der Waals surface area contributed by atoms with E-state index in [9.17, 15) is 4.79 Å². The van der Waals surface area contributed by atoms with Gasteiger partial charge in [0.25, 0.3) is 0 Å². The molecule has 1 atom stereocenters. The summed E-state index contributed by atoms with van der Waals surface area (Å²) in [5, 5.41) is 12.0. The van der Waals surface area contributed by atoms with E-state index in [1.165, 1.54) is 11.2 Å². The van der Waals surface area contributed by atoms with E-state index >= 15 is 0 Å². The molecule has 0 bridgehead atoms. The highest BCUT2D eigenvalue weighted by Crippen LogP contribution is 2.22. The maximum absolute atomic E-state index is 12.3. The quantitative estimate of drug-likeness (QED) is 0.712. The summed E-state index contributed by atoms with van der Waals surface area (Å²) >= 11 is 1.68. The van der Waals surface area contributed by atoms with Gasteiger partial charge in [-0.1, -0.05) is 18.2 Å². The van der Waals surface area contributed by atoms with Gasteiger partial charge in [-0.15, -0.1) is 11.3 Å². The number of para-hydroxylation sites is 2. The fraction of sp³-hybridized carbons (Fsp3) is 0.235. The Balaban J connectivity index is 1.65. The SMILES string of the molecule is CN(C)[C@H](CNC(=O)Nc1ccccc1-n1cncn1)c1cccs1. The van der Waals surface area contributed by atoms with Crippen molar-refractivity contribution >= 4 is 23.1 Å². The van der Waals surface area contributed by atoms with Crippen molar-refractivity contribution in [3.05, 3.63) is 59.3 Å². The second kappa shape index (κ2) is 7.91. The Kier molecular flexibility index (Phi) is 5.42. The van der Waals surface area contributed by atoms with E-state index in [0.29, 0.717) is 12.2 Å². The molecule has 0 aliphatic rings. The molecule has 0 radical (unpaired) electrons. The van der Waals surface area contributed by atoms with Crippen LogP contribution in [0.4, 0.5) is 10.5 Å². The number of aromatic nitrogens is 3. The number of nitrogens with zero attached hydrogens (tertiary/aromatic N) is 4. The molecule has 0 unspecified atom stereocenters. The molecule has 2 aromatic heterocycles. The number of hydrogen-bond acceptors (Lipinski definition) is 5. The molecule has 2 heterocycles. The Morgan fingerprint density at radius 3 is 2.80 bits per heavy atom. The number of rotatable bonds is 6. The summed E-state index contributed by atoms with van der Waals surface area (Å²) in [6, 6.07) is 11.4. The number of amides is 2. The molecule has 0 saturated heterocycles. The highest BCUT2D eigenvalue weighted by molar-refractivity contribution is 7.10. The first-order chi connectivity index (χ1) is 12.1. The third-order valence-electron chi connectivity index (χ3n) is 3.77. The Labute approximate surface area is 150 Å². The van der Waals surface area contributed by atoms with Crippen molar-refractivity contribution in [2.75, 3.05) is 26.0 Å². The molecule has 3 aromatic rings. The van der Waals surface area contributed by atoms with E-state index in [0.717, 1.165) is 5.69 Å². The standard InChI is InChI=1S/C17H20N6OS/c1-22(2)15(16-8-5-9-25-16)10-19-17(24)21-13-6-3-4-7-14(13)23-12-18-11-20-23/h3-9,11-12,15H,10H2,1-2H3,(H2,19,21,24)/t15-/m1/s1.